The van der Waals surface area contributed by atoms with E-state index in [1.165, 1.54) is 12.8 Å². The van der Waals surface area contributed by atoms with Crippen molar-refractivity contribution in [2.45, 2.75) is 19.8 Å². The van der Waals surface area contributed by atoms with Crippen LogP contribution >= 0.6 is 11.6 Å². The van der Waals surface area contributed by atoms with Crippen molar-refractivity contribution in [3.8, 4) is 0 Å². The Bertz CT molecular complexity index is 114. The van der Waals surface area contributed by atoms with Crippen LogP contribution in [0.3, 0.4) is 0 Å². The number of allylic oxidation sites excluding steroid dienone is 1. The average molecular weight is 146 g/mol. The lowest BCUT2D eigenvalue weighted by Crippen LogP contribution is -2.14. The fourth-order valence-electron chi connectivity index (χ4n) is 1.11. The van der Waals surface area contributed by atoms with Crippen molar-refractivity contribution in [1.29, 1.82) is 0 Å². The Morgan fingerprint density at radius 2 is 2.00 bits per heavy atom. The molecule has 52 valence electrons. The molecule has 0 saturated carbocycles. The van der Waals surface area contributed by atoms with E-state index in [9.17, 15) is 0 Å². The lowest BCUT2D eigenvalue weighted by molar-refractivity contribution is 0.453. The summed E-state index contributed by atoms with van der Waals surface area (Å²) in [5.41, 5.74) is 0. The van der Waals surface area contributed by atoms with Gasteiger partial charge in [0.1, 0.15) is 5.16 Å². The maximum absolute atomic E-state index is 5.86. The fourth-order valence-corrected chi connectivity index (χ4v) is 1.28. The molecule has 0 aromatic heterocycles. The van der Waals surface area contributed by atoms with E-state index in [2.05, 4.69) is 4.90 Å². The molecule has 0 N–H and O–H groups in total. The second-order valence-corrected chi connectivity index (χ2v) is 2.69. The molecule has 0 bridgehead atoms. The van der Waals surface area contributed by atoms with E-state index in [0.29, 0.717) is 0 Å². The first kappa shape index (κ1) is 6.94. The van der Waals surface area contributed by atoms with Gasteiger partial charge in [0.25, 0.3) is 0 Å². The van der Waals surface area contributed by atoms with Crippen molar-refractivity contribution >= 4 is 11.6 Å². The molecule has 0 atom stereocenters. The molecule has 1 saturated heterocycles. The average Bonchev–Trinajstić information content (AvgIpc) is 2.37. The first-order valence-corrected chi connectivity index (χ1v) is 3.79. The minimum absolute atomic E-state index is 0.910. The van der Waals surface area contributed by atoms with Gasteiger partial charge in [0.2, 0.25) is 0 Å². The third kappa shape index (κ3) is 1.62. The Morgan fingerprint density at radius 3 is 2.44 bits per heavy atom. The summed E-state index contributed by atoms with van der Waals surface area (Å²) in [6.07, 6.45) is 4.54. The Hall–Kier alpha value is -0.170. The zero-order valence-corrected chi connectivity index (χ0v) is 6.49. The summed E-state index contributed by atoms with van der Waals surface area (Å²) >= 11 is 5.86. The van der Waals surface area contributed by atoms with Gasteiger partial charge in [-0.15, -0.1) is 0 Å². The maximum atomic E-state index is 5.86. The van der Waals surface area contributed by atoms with Crippen LogP contribution < -0.4 is 0 Å². The molecule has 0 spiro atoms. The van der Waals surface area contributed by atoms with Crippen molar-refractivity contribution in [2.75, 3.05) is 13.1 Å². The van der Waals surface area contributed by atoms with Crippen molar-refractivity contribution in [2.24, 2.45) is 0 Å². The predicted molar refractivity (Wildman–Crippen MR) is 40.4 cm³/mol. The summed E-state index contributed by atoms with van der Waals surface area (Å²) < 4.78 is 0. The summed E-state index contributed by atoms with van der Waals surface area (Å²) in [7, 11) is 0. The quantitative estimate of drug-likeness (QED) is 0.512. The normalized spacial score (nSPS) is 21.1. The lowest BCUT2D eigenvalue weighted by atomic mass is 10.4. The van der Waals surface area contributed by atoms with Gasteiger partial charge in [-0.25, -0.2) is 0 Å². The SMILES string of the molecule is C/C=C(/Cl)N1CCCC1. The second-order valence-electron chi connectivity index (χ2n) is 2.31. The van der Waals surface area contributed by atoms with Crippen LogP contribution in [-0.2, 0) is 0 Å². The van der Waals surface area contributed by atoms with Gasteiger partial charge in [0, 0.05) is 13.1 Å². The third-order valence-corrected chi connectivity index (χ3v) is 2.10. The molecule has 1 nitrogen and oxygen atoms in total. The molecule has 1 aliphatic heterocycles. The smallest absolute Gasteiger partial charge is 0.100 e. The van der Waals surface area contributed by atoms with Crippen LogP contribution in [0.4, 0.5) is 0 Å². The summed E-state index contributed by atoms with van der Waals surface area (Å²) in [6.45, 7) is 4.26. The molecule has 1 fully saturated rings. The van der Waals surface area contributed by atoms with Crippen LogP contribution in [0.1, 0.15) is 19.8 Å². The second kappa shape index (κ2) is 3.11. The minimum Gasteiger partial charge on any atom is -0.363 e. The van der Waals surface area contributed by atoms with Crippen LogP contribution in [0, 0.1) is 0 Å². The number of hydrogen-bond donors (Lipinski definition) is 0. The van der Waals surface area contributed by atoms with E-state index < -0.39 is 0 Å². The van der Waals surface area contributed by atoms with Crippen LogP contribution in [-0.4, -0.2) is 18.0 Å². The van der Waals surface area contributed by atoms with Crippen molar-refractivity contribution < 1.29 is 0 Å². The number of rotatable bonds is 1. The van der Waals surface area contributed by atoms with Gasteiger partial charge >= 0.3 is 0 Å². The molecular weight excluding hydrogens is 134 g/mol. The monoisotopic (exact) mass is 145 g/mol. The van der Waals surface area contributed by atoms with Crippen molar-refractivity contribution in [1.82, 2.24) is 4.90 Å². The Labute approximate surface area is 61.3 Å². The minimum atomic E-state index is 0.910. The summed E-state index contributed by atoms with van der Waals surface area (Å²) in [4.78, 5) is 2.21. The van der Waals surface area contributed by atoms with E-state index in [1.807, 2.05) is 13.0 Å². The van der Waals surface area contributed by atoms with Gasteiger partial charge in [-0.1, -0.05) is 17.7 Å². The van der Waals surface area contributed by atoms with Crippen LogP contribution in [0.25, 0.3) is 0 Å². The number of hydrogen-bond acceptors (Lipinski definition) is 1. The van der Waals surface area contributed by atoms with Crippen molar-refractivity contribution in [3.05, 3.63) is 11.2 Å². The highest BCUT2D eigenvalue weighted by Crippen LogP contribution is 2.16. The van der Waals surface area contributed by atoms with E-state index >= 15 is 0 Å². The van der Waals surface area contributed by atoms with Crippen LogP contribution in [0.5, 0.6) is 0 Å². The van der Waals surface area contributed by atoms with Gasteiger partial charge in [-0.3, -0.25) is 0 Å². The summed E-state index contributed by atoms with van der Waals surface area (Å²) in [5.74, 6) is 0. The maximum Gasteiger partial charge on any atom is 0.100 e. The zero-order chi connectivity index (χ0) is 6.69. The van der Waals surface area contributed by atoms with Gasteiger partial charge < -0.3 is 4.90 Å². The van der Waals surface area contributed by atoms with Gasteiger partial charge in [-0.2, -0.15) is 0 Å². The standard InChI is InChI=1S/C7H12ClN/c1-2-7(8)9-5-3-4-6-9/h2H,3-6H2,1H3/b7-2-. The topological polar surface area (TPSA) is 3.24 Å². The van der Waals surface area contributed by atoms with E-state index in [4.69, 9.17) is 11.6 Å². The predicted octanol–water partition coefficient (Wildman–Crippen LogP) is 2.18. The Balaban J connectivity index is 2.42. The molecule has 2 heteroatoms. The Kier molecular flexibility index (Phi) is 2.40. The fraction of sp³-hybridized carbons (Fsp3) is 0.714. The van der Waals surface area contributed by atoms with Gasteiger partial charge in [0.15, 0.2) is 0 Å². The van der Waals surface area contributed by atoms with Gasteiger partial charge in [-0.05, 0) is 19.8 Å². The lowest BCUT2D eigenvalue weighted by Gasteiger charge is -2.14. The number of nitrogens with zero attached hydrogens (tertiary/aromatic N) is 1. The highest BCUT2D eigenvalue weighted by Gasteiger charge is 2.11. The zero-order valence-electron chi connectivity index (χ0n) is 5.73. The van der Waals surface area contributed by atoms with Crippen LogP contribution in [0.15, 0.2) is 11.2 Å². The molecule has 0 aromatic rings. The molecule has 1 heterocycles. The number of likely N-dealkylation sites (tertiary alicyclic amines) is 1. The summed E-state index contributed by atoms with van der Waals surface area (Å²) in [5, 5.41) is 0.910. The molecule has 0 amide bonds. The molecule has 1 rings (SSSR count). The molecule has 9 heavy (non-hydrogen) atoms. The number of halogens is 1. The first-order chi connectivity index (χ1) is 4.34. The highest BCUT2D eigenvalue weighted by atomic mass is 35.5. The molecule has 0 radical (unpaired) electrons. The van der Waals surface area contributed by atoms with Crippen molar-refractivity contribution in [3.63, 3.8) is 0 Å². The molecule has 0 unspecified atom stereocenters. The Morgan fingerprint density at radius 1 is 1.44 bits per heavy atom. The van der Waals surface area contributed by atoms with E-state index in [0.717, 1.165) is 18.2 Å². The largest absolute Gasteiger partial charge is 0.363 e. The molecule has 0 aromatic carbocycles. The first-order valence-electron chi connectivity index (χ1n) is 3.41. The van der Waals surface area contributed by atoms with E-state index in [1.54, 1.807) is 0 Å². The highest BCUT2D eigenvalue weighted by molar-refractivity contribution is 6.29. The van der Waals surface area contributed by atoms with Crippen LogP contribution in [0.2, 0.25) is 0 Å². The summed E-state index contributed by atoms with van der Waals surface area (Å²) in [6, 6.07) is 0. The third-order valence-electron chi connectivity index (χ3n) is 1.65. The molecule has 1 aliphatic rings. The van der Waals surface area contributed by atoms with Gasteiger partial charge in [0.05, 0.1) is 0 Å². The molecule has 0 aliphatic carbocycles. The van der Waals surface area contributed by atoms with E-state index in [-0.39, 0.29) is 0 Å². The molecular formula is C7H12ClN.